The summed E-state index contributed by atoms with van der Waals surface area (Å²) in [5.41, 5.74) is 0.391. The van der Waals surface area contributed by atoms with Crippen LogP contribution in [0.25, 0.3) is 0 Å². The molecular weight excluding hydrogens is 344 g/mol. The Morgan fingerprint density at radius 1 is 1.08 bits per heavy atom. The Morgan fingerprint density at radius 3 is 2.28 bits per heavy atom. The van der Waals surface area contributed by atoms with Gasteiger partial charge >= 0.3 is 0 Å². The van der Waals surface area contributed by atoms with Crippen molar-refractivity contribution in [2.24, 2.45) is 0 Å². The van der Waals surface area contributed by atoms with Crippen molar-refractivity contribution in [3.05, 3.63) is 28.3 Å². The number of likely N-dealkylation sites (N-methyl/N-ethyl adjacent to an activating group) is 1. The molecule has 0 amide bonds. The predicted molar refractivity (Wildman–Crippen MR) is 95.4 cm³/mol. The third-order valence-corrected chi connectivity index (χ3v) is 6.93. The molecule has 0 aromatic heterocycles. The molecule has 8 nitrogen and oxygen atoms in total. The first kappa shape index (κ1) is 18.1. The molecule has 0 aliphatic carbocycles. The van der Waals surface area contributed by atoms with Crippen LogP contribution in [0.1, 0.15) is 19.8 Å². The van der Waals surface area contributed by atoms with Gasteiger partial charge < -0.3 is 9.80 Å². The second kappa shape index (κ2) is 7.27. The number of nitro groups is 1. The molecule has 0 bridgehead atoms. The zero-order chi connectivity index (χ0) is 18.0. The fourth-order valence-electron chi connectivity index (χ4n) is 3.46. The zero-order valence-electron chi connectivity index (χ0n) is 14.4. The molecule has 2 heterocycles. The van der Waals surface area contributed by atoms with Crippen LogP contribution in [0.3, 0.4) is 0 Å². The summed E-state index contributed by atoms with van der Waals surface area (Å²) in [5, 5.41) is 11.1. The van der Waals surface area contributed by atoms with Crippen LogP contribution in [0.5, 0.6) is 0 Å². The molecule has 1 aromatic rings. The topological polar surface area (TPSA) is 87.0 Å². The molecule has 0 saturated carbocycles. The van der Waals surface area contributed by atoms with E-state index < -0.39 is 14.9 Å². The average Bonchev–Trinajstić information content (AvgIpc) is 3.17. The lowest BCUT2D eigenvalue weighted by molar-refractivity contribution is -0.385. The van der Waals surface area contributed by atoms with E-state index in [2.05, 4.69) is 11.8 Å². The lowest BCUT2D eigenvalue weighted by Crippen LogP contribution is -2.46. The molecule has 0 spiro atoms. The van der Waals surface area contributed by atoms with Crippen molar-refractivity contribution in [2.75, 3.05) is 50.7 Å². The minimum Gasteiger partial charge on any atom is -0.368 e. The Bertz CT molecular complexity index is 739. The highest BCUT2D eigenvalue weighted by molar-refractivity contribution is 7.89. The highest BCUT2D eigenvalue weighted by Crippen LogP contribution is 2.33. The van der Waals surface area contributed by atoms with Crippen molar-refractivity contribution in [1.82, 2.24) is 9.21 Å². The Kier molecular flexibility index (Phi) is 5.26. The van der Waals surface area contributed by atoms with Gasteiger partial charge in [-0.2, -0.15) is 4.31 Å². The van der Waals surface area contributed by atoms with Gasteiger partial charge in [-0.25, -0.2) is 8.42 Å². The summed E-state index contributed by atoms with van der Waals surface area (Å²) in [6, 6.07) is 4.20. The quantitative estimate of drug-likeness (QED) is 0.578. The number of nitrogens with zero attached hydrogens (tertiary/aromatic N) is 4. The summed E-state index contributed by atoms with van der Waals surface area (Å²) in [6.07, 6.45) is 1.66. The molecule has 25 heavy (non-hydrogen) atoms. The third kappa shape index (κ3) is 3.63. The number of hydrogen-bond acceptors (Lipinski definition) is 6. The summed E-state index contributed by atoms with van der Waals surface area (Å²) in [6.45, 7) is 7.18. The lowest BCUT2D eigenvalue weighted by Gasteiger charge is -2.36. The van der Waals surface area contributed by atoms with E-state index in [1.165, 1.54) is 16.4 Å². The van der Waals surface area contributed by atoms with E-state index >= 15 is 0 Å². The number of benzene rings is 1. The van der Waals surface area contributed by atoms with Crippen LogP contribution in [-0.2, 0) is 10.0 Å². The van der Waals surface area contributed by atoms with E-state index in [-0.39, 0.29) is 10.6 Å². The van der Waals surface area contributed by atoms with Crippen molar-refractivity contribution in [2.45, 2.75) is 24.7 Å². The summed E-state index contributed by atoms with van der Waals surface area (Å²) < 4.78 is 27.6. The maximum atomic E-state index is 13.1. The van der Waals surface area contributed by atoms with Crippen molar-refractivity contribution >= 4 is 21.4 Å². The van der Waals surface area contributed by atoms with Gasteiger partial charge in [0.25, 0.3) is 5.69 Å². The number of anilines is 1. The van der Waals surface area contributed by atoms with Crippen molar-refractivity contribution in [3.8, 4) is 0 Å². The van der Waals surface area contributed by atoms with E-state index in [9.17, 15) is 18.5 Å². The number of rotatable bonds is 5. The van der Waals surface area contributed by atoms with Crippen LogP contribution >= 0.6 is 0 Å². The van der Waals surface area contributed by atoms with E-state index in [0.717, 1.165) is 32.5 Å². The summed E-state index contributed by atoms with van der Waals surface area (Å²) in [5.74, 6) is 0. The van der Waals surface area contributed by atoms with Crippen LogP contribution in [0.2, 0.25) is 0 Å². The molecular formula is C16H24N4O4S. The maximum absolute atomic E-state index is 13.1. The van der Waals surface area contributed by atoms with Gasteiger partial charge in [-0.1, -0.05) is 6.92 Å². The fraction of sp³-hybridized carbons (Fsp3) is 0.625. The largest absolute Gasteiger partial charge is 0.368 e. The second-order valence-electron chi connectivity index (χ2n) is 6.44. The normalized spacial score (nSPS) is 20.1. The number of non-ortho nitro benzene ring substituents is 1. The van der Waals surface area contributed by atoms with E-state index in [1.807, 2.05) is 4.90 Å². The number of hydrogen-bond donors (Lipinski definition) is 0. The van der Waals surface area contributed by atoms with E-state index in [1.54, 1.807) is 6.07 Å². The number of nitro benzene ring substituents is 1. The van der Waals surface area contributed by atoms with Crippen LogP contribution in [0, 0.1) is 10.1 Å². The zero-order valence-corrected chi connectivity index (χ0v) is 15.2. The van der Waals surface area contributed by atoms with Crippen molar-refractivity contribution in [3.63, 3.8) is 0 Å². The van der Waals surface area contributed by atoms with Crippen LogP contribution in [-0.4, -0.2) is 68.4 Å². The fourth-order valence-corrected chi connectivity index (χ4v) is 5.20. The van der Waals surface area contributed by atoms with Gasteiger partial charge in [-0.05, 0) is 25.5 Å². The maximum Gasteiger partial charge on any atom is 0.270 e. The van der Waals surface area contributed by atoms with E-state index in [4.69, 9.17) is 0 Å². The molecule has 0 atom stereocenters. The summed E-state index contributed by atoms with van der Waals surface area (Å²) in [4.78, 5) is 15.0. The summed E-state index contributed by atoms with van der Waals surface area (Å²) >= 11 is 0. The number of sulfonamides is 1. The molecule has 2 fully saturated rings. The molecule has 2 saturated heterocycles. The Balaban J connectivity index is 1.99. The average molecular weight is 368 g/mol. The van der Waals surface area contributed by atoms with Crippen molar-refractivity contribution < 1.29 is 13.3 Å². The highest BCUT2D eigenvalue weighted by Gasteiger charge is 2.33. The first-order valence-corrected chi connectivity index (χ1v) is 10.1. The standard InChI is InChI=1S/C16H24N4O4S/c1-2-17-9-11-18(12-10-17)15-6-5-14(20(21)22)13-16(15)25(23,24)19-7-3-4-8-19/h5-6,13H,2-4,7-12H2,1H3. The van der Waals surface area contributed by atoms with Gasteiger partial charge in [0.05, 0.1) is 10.6 Å². The minimum atomic E-state index is -3.72. The Hall–Kier alpha value is -1.71. The predicted octanol–water partition coefficient (Wildman–Crippen LogP) is 1.52. The number of piperazine rings is 1. The Labute approximate surface area is 148 Å². The second-order valence-corrected chi connectivity index (χ2v) is 8.35. The molecule has 0 unspecified atom stereocenters. The van der Waals surface area contributed by atoms with Crippen molar-refractivity contribution in [1.29, 1.82) is 0 Å². The molecule has 2 aliphatic rings. The Morgan fingerprint density at radius 2 is 1.72 bits per heavy atom. The first-order chi connectivity index (χ1) is 11.9. The van der Waals surface area contributed by atoms with Gasteiger partial charge in [0.15, 0.2) is 0 Å². The van der Waals surface area contributed by atoms with Crippen LogP contribution in [0.15, 0.2) is 23.1 Å². The molecule has 0 N–H and O–H groups in total. The molecule has 0 radical (unpaired) electrons. The molecule has 3 rings (SSSR count). The molecule has 9 heteroatoms. The third-order valence-electron chi connectivity index (χ3n) is 5.00. The van der Waals surface area contributed by atoms with E-state index in [0.29, 0.717) is 31.9 Å². The molecule has 1 aromatic carbocycles. The van der Waals surface area contributed by atoms with Gasteiger partial charge in [0.1, 0.15) is 4.90 Å². The van der Waals surface area contributed by atoms with Gasteiger partial charge in [0, 0.05) is 51.4 Å². The SMILES string of the molecule is CCN1CCN(c2ccc([N+](=O)[O-])cc2S(=O)(=O)N2CCCC2)CC1. The lowest BCUT2D eigenvalue weighted by atomic mass is 10.2. The first-order valence-electron chi connectivity index (χ1n) is 8.69. The smallest absolute Gasteiger partial charge is 0.270 e. The monoisotopic (exact) mass is 368 g/mol. The molecule has 138 valence electrons. The minimum absolute atomic E-state index is 0.0635. The van der Waals surface area contributed by atoms with Crippen LogP contribution < -0.4 is 4.90 Å². The summed E-state index contributed by atoms with van der Waals surface area (Å²) in [7, 11) is -3.72. The van der Waals surface area contributed by atoms with Gasteiger partial charge in [-0.15, -0.1) is 0 Å². The van der Waals surface area contributed by atoms with Crippen LogP contribution in [0.4, 0.5) is 11.4 Å². The van der Waals surface area contributed by atoms with Gasteiger partial charge in [-0.3, -0.25) is 10.1 Å². The molecule has 2 aliphatic heterocycles. The highest BCUT2D eigenvalue weighted by atomic mass is 32.2. The van der Waals surface area contributed by atoms with Gasteiger partial charge in [0.2, 0.25) is 10.0 Å².